The van der Waals surface area contributed by atoms with Gasteiger partial charge in [0.25, 0.3) is 0 Å². The minimum Gasteiger partial charge on any atom is -0.350 e. The van der Waals surface area contributed by atoms with Gasteiger partial charge in [-0.2, -0.15) is 0 Å². The molecule has 40 heavy (non-hydrogen) atoms. The maximum atomic E-state index is 13.8. The Kier molecular flexibility index (Phi) is 10.5. The molecule has 214 valence electrons. The van der Waals surface area contributed by atoms with Crippen molar-refractivity contribution in [2.24, 2.45) is 0 Å². The van der Waals surface area contributed by atoms with Crippen molar-refractivity contribution in [1.82, 2.24) is 10.2 Å². The predicted octanol–water partition coefficient (Wildman–Crippen LogP) is 4.93. The first-order valence-electron chi connectivity index (χ1n) is 13.3. The van der Waals surface area contributed by atoms with E-state index >= 15 is 0 Å². The van der Waals surface area contributed by atoms with E-state index in [1.54, 1.807) is 4.90 Å². The first-order chi connectivity index (χ1) is 18.8. The first-order valence-corrected chi connectivity index (χ1v) is 15.1. The molecule has 7 nitrogen and oxygen atoms in total. The predicted molar refractivity (Wildman–Crippen MR) is 157 cm³/mol. The van der Waals surface area contributed by atoms with E-state index < -0.39 is 27.4 Å². The molecule has 3 rings (SSSR count). The van der Waals surface area contributed by atoms with Crippen LogP contribution in [0.3, 0.4) is 0 Å². The number of nitrogens with one attached hydrogen (secondary N) is 1. The number of benzene rings is 3. The van der Waals surface area contributed by atoms with E-state index in [9.17, 15) is 22.4 Å². The van der Waals surface area contributed by atoms with Crippen molar-refractivity contribution in [3.05, 3.63) is 102 Å². The van der Waals surface area contributed by atoms with Crippen LogP contribution in [0.4, 0.5) is 10.1 Å². The van der Waals surface area contributed by atoms with E-state index in [4.69, 9.17) is 0 Å². The molecule has 0 spiro atoms. The van der Waals surface area contributed by atoms with Crippen molar-refractivity contribution in [2.75, 3.05) is 17.1 Å². The van der Waals surface area contributed by atoms with Crippen molar-refractivity contribution in [3.63, 3.8) is 0 Å². The molecular formula is C31H38FN3O4S. The zero-order valence-corrected chi connectivity index (χ0v) is 24.3. The highest BCUT2D eigenvalue weighted by atomic mass is 32.2. The van der Waals surface area contributed by atoms with Crippen LogP contribution in [-0.4, -0.2) is 49.5 Å². The SMILES string of the molecule is CC(C)(C)NC(=O)[C@H](Cc1ccccc1)N(Cc1ccccc1)C(=O)CCCN(c1ccc(F)cc1)S(C)(=O)=O. The van der Waals surface area contributed by atoms with Crippen LogP contribution in [0.1, 0.15) is 44.7 Å². The smallest absolute Gasteiger partial charge is 0.243 e. The quantitative estimate of drug-likeness (QED) is 0.336. The van der Waals surface area contributed by atoms with E-state index in [1.807, 2.05) is 81.4 Å². The van der Waals surface area contributed by atoms with Crippen LogP contribution in [-0.2, 0) is 32.6 Å². The van der Waals surface area contributed by atoms with Gasteiger partial charge >= 0.3 is 0 Å². The molecule has 0 saturated heterocycles. The Morgan fingerprint density at radius 1 is 0.875 bits per heavy atom. The number of carbonyl (C=O) groups excluding carboxylic acids is 2. The molecule has 0 heterocycles. The third kappa shape index (κ3) is 9.48. The Labute approximate surface area is 237 Å². The second-order valence-corrected chi connectivity index (χ2v) is 12.8. The molecule has 0 aliphatic carbocycles. The van der Waals surface area contributed by atoms with Crippen LogP contribution in [0.2, 0.25) is 0 Å². The Morgan fingerprint density at radius 3 is 1.95 bits per heavy atom. The molecule has 0 aromatic heterocycles. The summed E-state index contributed by atoms with van der Waals surface area (Å²) in [6.45, 7) is 5.94. The van der Waals surface area contributed by atoms with Gasteiger partial charge in [-0.25, -0.2) is 12.8 Å². The molecule has 0 aliphatic heterocycles. The topological polar surface area (TPSA) is 86.8 Å². The number of amides is 2. The summed E-state index contributed by atoms with van der Waals surface area (Å²) in [5, 5.41) is 3.03. The number of nitrogens with zero attached hydrogens (tertiary/aromatic N) is 2. The van der Waals surface area contributed by atoms with E-state index in [-0.39, 0.29) is 37.7 Å². The molecule has 3 aromatic rings. The molecule has 0 fully saturated rings. The van der Waals surface area contributed by atoms with Crippen LogP contribution in [0.5, 0.6) is 0 Å². The van der Waals surface area contributed by atoms with Gasteiger partial charge in [0.1, 0.15) is 11.9 Å². The lowest BCUT2D eigenvalue weighted by Gasteiger charge is -2.34. The molecule has 2 amide bonds. The van der Waals surface area contributed by atoms with Gasteiger partial charge in [-0.15, -0.1) is 0 Å². The summed E-state index contributed by atoms with van der Waals surface area (Å²) in [7, 11) is -3.67. The monoisotopic (exact) mass is 567 g/mol. The molecule has 0 bridgehead atoms. The molecule has 9 heteroatoms. The third-order valence-electron chi connectivity index (χ3n) is 6.23. The average Bonchev–Trinajstić information content (AvgIpc) is 2.89. The van der Waals surface area contributed by atoms with Gasteiger partial charge in [0.05, 0.1) is 11.9 Å². The first kappa shape index (κ1) is 30.8. The van der Waals surface area contributed by atoms with Gasteiger partial charge in [0.15, 0.2) is 0 Å². The molecule has 3 aromatic carbocycles. The third-order valence-corrected chi connectivity index (χ3v) is 7.43. The van der Waals surface area contributed by atoms with Crippen LogP contribution in [0, 0.1) is 5.82 Å². The minimum atomic E-state index is -3.67. The average molecular weight is 568 g/mol. The number of hydrogen-bond acceptors (Lipinski definition) is 4. The van der Waals surface area contributed by atoms with Gasteiger partial charge < -0.3 is 10.2 Å². The van der Waals surface area contributed by atoms with E-state index in [1.165, 1.54) is 24.3 Å². The van der Waals surface area contributed by atoms with Gasteiger partial charge in [0.2, 0.25) is 21.8 Å². The van der Waals surface area contributed by atoms with Crippen molar-refractivity contribution in [1.29, 1.82) is 0 Å². The van der Waals surface area contributed by atoms with Crippen LogP contribution in [0.25, 0.3) is 0 Å². The largest absolute Gasteiger partial charge is 0.350 e. The molecule has 0 radical (unpaired) electrons. The summed E-state index contributed by atoms with van der Waals surface area (Å²) in [6, 6.07) is 23.4. The molecule has 0 unspecified atom stereocenters. The summed E-state index contributed by atoms with van der Waals surface area (Å²) in [5.41, 5.74) is 1.62. The summed E-state index contributed by atoms with van der Waals surface area (Å²) < 4.78 is 39.6. The van der Waals surface area contributed by atoms with Crippen LogP contribution < -0.4 is 9.62 Å². The Bertz CT molecular complexity index is 1360. The highest BCUT2D eigenvalue weighted by Crippen LogP contribution is 2.21. The zero-order valence-electron chi connectivity index (χ0n) is 23.5. The van der Waals surface area contributed by atoms with Gasteiger partial charge in [-0.3, -0.25) is 13.9 Å². The summed E-state index contributed by atoms with van der Waals surface area (Å²) in [6.07, 6.45) is 1.64. The number of rotatable bonds is 12. The second-order valence-electron chi connectivity index (χ2n) is 10.9. The summed E-state index contributed by atoms with van der Waals surface area (Å²) in [5.74, 6) is -0.993. The molecule has 1 atom stereocenters. The maximum Gasteiger partial charge on any atom is 0.243 e. The number of sulfonamides is 1. The van der Waals surface area contributed by atoms with E-state index in [0.29, 0.717) is 12.1 Å². The van der Waals surface area contributed by atoms with Gasteiger partial charge in [-0.05, 0) is 62.6 Å². The maximum absolute atomic E-state index is 13.8. The zero-order chi connectivity index (χ0) is 29.3. The fourth-order valence-corrected chi connectivity index (χ4v) is 5.36. The summed E-state index contributed by atoms with van der Waals surface area (Å²) in [4.78, 5) is 29.0. The van der Waals surface area contributed by atoms with Gasteiger partial charge in [0, 0.05) is 31.5 Å². The lowest BCUT2D eigenvalue weighted by Crippen LogP contribution is -2.54. The van der Waals surface area contributed by atoms with Crippen molar-refractivity contribution in [2.45, 2.75) is 58.2 Å². The fraction of sp³-hybridized carbons (Fsp3) is 0.355. The number of halogens is 1. The van der Waals surface area contributed by atoms with E-state index in [2.05, 4.69) is 5.32 Å². The molecule has 0 aliphatic rings. The van der Waals surface area contributed by atoms with Crippen LogP contribution in [0.15, 0.2) is 84.9 Å². The highest BCUT2D eigenvalue weighted by molar-refractivity contribution is 7.92. The second kappa shape index (κ2) is 13.6. The van der Waals surface area contributed by atoms with Crippen molar-refractivity contribution >= 4 is 27.5 Å². The fourth-order valence-electron chi connectivity index (χ4n) is 4.40. The molecular weight excluding hydrogens is 529 g/mol. The Hall–Kier alpha value is -3.72. The molecule has 1 N–H and O–H groups in total. The van der Waals surface area contributed by atoms with E-state index in [0.717, 1.165) is 21.7 Å². The summed E-state index contributed by atoms with van der Waals surface area (Å²) >= 11 is 0. The van der Waals surface area contributed by atoms with Crippen molar-refractivity contribution in [3.8, 4) is 0 Å². The Morgan fingerprint density at radius 2 is 1.43 bits per heavy atom. The lowest BCUT2D eigenvalue weighted by molar-refractivity contribution is -0.142. The van der Waals surface area contributed by atoms with Crippen LogP contribution >= 0.6 is 0 Å². The molecule has 0 saturated carbocycles. The van der Waals surface area contributed by atoms with Gasteiger partial charge in [-0.1, -0.05) is 60.7 Å². The van der Waals surface area contributed by atoms with Crippen molar-refractivity contribution < 1.29 is 22.4 Å². The number of hydrogen-bond donors (Lipinski definition) is 1. The lowest BCUT2D eigenvalue weighted by atomic mass is 10.00. The number of carbonyl (C=O) groups is 2. The highest BCUT2D eigenvalue weighted by Gasteiger charge is 2.32. The minimum absolute atomic E-state index is 0.0220. The standard InChI is InChI=1S/C31H38FN3O4S/c1-31(2,3)33-30(37)28(22-24-12-7-5-8-13-24)34(23-25-14-9-6-10-15-25)29(36)16-11-21-35(40(4,38)39)27-19-17-26(32)18-20-27/h5-10,12-15,17-20,28H,11,16,21-23H2,1-4H3,(H,33,37)/t28-/m0/s1. The Balaban J connectivity index is 1.87. The number of anilines is 1. The normalized spacial score (nSPS) is 12.4.